The average molecular weight is 300 g/mol. The van der Waals surface area contributed by atoms with E-state index in [1.807, 2.05) is 13.1 Å². The zero-order valence-corrected chi connectivity index (χ0v) is 12.5. The van der Waals surface area contributed by atoms with Crippen molar-refractivity contribution in [2.24, 2.45) is 0 Å². The molecule has 0 bridgehead atoms. The number of methoxy groups -OCH3 is 1. The molecule has 0 fully saturated rings. The number of rotatable bonds is 7. The van der Waals surface area contributed by atoms with Crippen LogP contribution in [0.25, 0.3) is 0 Å². The first-order valence-corrected chi connectivity index (χ1v) is 7.00. The third kappa shape index (κ3) is 4.68. The summed E-state index contributed by atoms with van der Waals surface area (Å²) in [6, 6.07) is 6.69. The second-order valence-corrected chi connectivity index (χ2v) is 5.14. The maximum absolute atomic E-state index is 5.26. The largest absolute Gasteiger partial charge is 0.497 e. The Bertz CT molecular complexity index is 341. The number of unbranched alkanes of at least 4 members (excludes halogenated alkanes) is 1. The molecule has 0 saturated carbocycles. The molecule has 0 aliphatic carbocycles. The lowest BCUT2D eigenvalue weighted by atomic mass is 10.0. The van der Waals surface area contributed by atoms with Crippen molar-refractivity contribution in [2.45, 2.75) is 38.6 Å². The van der Waals surface area contributed by atoms with Crippen molar-refractivity contribution in [1.29, 1.82) is 0 Å². The Labute approximate surface area is 113 Å². The summed E-state index contributed by atoms with van der Waals surface area (Å²) in [7, 11) is 3.74. The van der Waals surface area contributed by atoms with Crippen LogP contribution in [0.1, 0.15) is 31.7 Å². The van der Waals surface area contributed by atoms with Crippen molar-refractivity contribution in [3.8, 4) is 5.75 Å². The van der Waals surface area contributed by atoms with E-state index < -0.39 is 0 Å². The highest BCUT2D eigenvalue weighted by Gasteiger charge is 2.10. The molecule has 3 heteroatoms. The van der Waals surface area contributed by atoms with Gasteiger partial charge in [0.1, 0.15) is 5.75 Å². The van der Waals surface area contributed by atoms with Gasteiger partial charge in [-0.15, -0.1) is 0 Å². The molecule has 0 aliphatic heterocycles. The highest BCUT2D eigenvalue weighted by atomic mass is 79.9. The lowest BCUT2D eigenvalue weighted by molar-refractivity contribution is 0.413. The Morgan fingerprint density at radius 2 is 2.18 bits per heavy atom. The van der Waals surface area contributed by atoms with Gasteiger partial charge in [0.15, 0.2) is 0 Å². The highest BCUT2D eigenvalue weighted by Crippen LogP contribution is 2.24. The number of benzene rings is 1. The molecule has 17 heavy (non-hydrogen) atoms. The van der Waals surface area contributed by atoms with Gasteiger partial charge in [-0.1, -0.05) is 35.7 Å². The maximum atomic E-state index is 5.26. The summed E-state index contributed by atoms with van der Waals surface area (Å²) in [5.41, 5.74) is 1.31. The number of ether oxygens (including phenoxy) is 1. The van der Waals surface area contributed by atoms with E-state index in [1.165, 1.54) is 24.8 Å². The van der Waals surface area contributed by atoms with Crippen molar-refractivity contribution in [3.05, 3.63) is 28.2 Å². The molecular weight excluding hydrogens is 278 g/mol. The Hall–Kier alpha value is -0.540. The summed E-state index contributed by atoms with van der Waals surface area (Å²) < 4.78 is 6.43. The Balaban J connectivity index is 2.70. The Morgan fingerprint density at radius 3 is 2.76 bits per heavy atom. The summed E-state index contributed by atoms with van der Waals surface area (Å²) in [5.74, 6) is 0.925. The lowest BCUT2D eigenvalue weighted by Crippen LogP contribution is -2.27. The van der Waals surface area contributed by atoms with Crippen molar-refractivity contribution >= 4 is 15.9 Å². The van der Waals surface area contributed by atoms with Gasteiger partial charge in [0, 0.05) is 10.5 Å². The predicted molar refractivity (Wildman–Crippen MR) is 76.8 cm³/mol. The first-order valence-electron chi connectivity index (χ1n) is 6.21. The first-order chi connectivity index (χ1) is 8.21. The zero-order chi connectivity index (χ0) is 12.7. The van der Waals surface area contributed by atoms with Crippen LogP contribution in [-0.2, 0) is 6.42 Å². The van der Waals surface area contributed by atoms with E-state index in [2.05, 4.69) is 40.3 Å². The number of halogens is 1. The van der Waals surface area contributed by atoms with Crippen LogP contribution in [-0.4, -0.2) is 20.2 Å². The zero-order valence-electron chi connectivity index (χ0n) is 10.9. The number of likely N-dealkylation sites (N-methyl/N-ethyl adjacent to an activating group) is 1. The van der Waals surface area contributed by atoms with Crippen molar-refractivity contribution < 1.29 is 4.74 Å². The standard InChI is InChI=1S/C14H22BrNO/c1-4-5-6-12(16-2)9-11-10-13(17-3)7-8-14(11)15/h7-8,10,12,16H,4-6,9H2,1-3H3. The SMILES string of the molecule is CCCCC(Cc1cc(OC)ccc1Br)NC. The predicted octanol–water partition coefficient (Wildman–Crippen LogP) is 3.78. The monoisotopic (exact) mass is 299 g/mol. The molecule has 0 heterocycles. The maximum Gasteiger partial charge on any atom is 0.119 e. The lowest BCUT2D eigenvalue weighted by Gasteiger charge is -2.17. The molecule has 1 atom stereocenters. The molecule has 0 spiro atoms. The van der Waals surface area contributed by atoms with Crippen molar-refractivity contribution in [2.75, 3.05) is 14.2 Å². The quantitative estimate of drug-likeness (QED) is 0.827. The van der Waals surface area contributed by atoms with Gasteiger partial charge in [-0.25, -0.2) is 0 Å². The van der Waals surface area contributed by atoms with E-state index in [1.54, 1.807) is 7.11 Å². The molecule has 1 N–H and O–H groups in total. The van der Waals surface area contributed by atoms with Gasteiger partial charge in [0.05, 0.1) is 7.11 Å². The smallest absolute Gasteiger partial charge is 0.119 e. The third-order valence-corrected chi connectivity index (χ3v) is 3.81. The molecule has 1 rings (SSSR count). The van der Waals surface area contributed by atoms with E-state index in [0.717, 1.165) is 16.6 Å². The molecule has 2 nitrogen and oxygen atoms in total. The van der Waals surface area contributed by atoms with E-state index in [4.69, 9.17) is 4.74 Å². The van der Waals surface area contributed by atoms with Gasteiger partial charge in [-0.2, -0.15) is 0 Å². The van der Waals surface area contributed by atoms with E-state index >= 15 is 0 Å². The van der Waals surface area contributed by atoms with Crippen LogP contribution < -0.4 is 10.1 Å². The van der Waals surface area contributed by atoms with E-state index in [0.29, 0.717) is 6.04 Å². The summed E-state index contributed by atoms with van der Waals surface area (Å²) in [6.45, 7) is 2.23. The minimum atomic E-state index is 0.540. The molecule has 1 unspecified atom stereocenters. The fourth-order valence-corrected chi connectivity index (χ4v) is 2.31. The summed E-state index contributed by atoms with van der Waals surface area (Å²) >= 11 is 3.60. The van der Waals surface area contributed by atoms with Gasteiger partial charge >= 0.3 is 0 Å². The van der Waals surface area contributed by atoms with Crippen LogP contribution in [0.5, 0.6) is 5.75 Å². The summed E-state index contributed by atoms with van der Waals surface area (Å²) in [5, 5.41) is 3.39. The molecule has 0 aromatic heterocycles. The molecule has 96 valence electrons. The van der Waals surface area contributed by atoms with Crippen LogP contribution in [0.3, 0.4) is 0 Å². The van der Waals surface area contributed by atoms with E-state index in [-0.39, 0.29) is 0 Å². The topological polar surface area (TPSA) is 21.3 Å². The molecule has 1 aromatic carbocycles. The van der Waals surface area contributed by atoms with Gasteiger partial charge in [-0.05, 0) is 43.7 Å². The van der Waals surface area contributed by atoms with Crippen molar-refractivity contribution in [1.82, 2.24) is 5.32 Å². The van der Waals surface area contributed by atoms with Gasteiger partial charge in [0.2, 0.25) is 0 Å². The number of hydrogen-bond donors (Lipinski definition) is 1. The molecule has 1 aromatic rings. The average Bonchev–Trinajstić information content (AvgIpc) is 2.36. The van der Waals surface area contributed by atoms with Crippen LogP contribution in [0.15, 0.2) is 22.7 Å². The molecule has 0 saturated heterocycles. The fraction of sp³-hybridized carbons (Fsp3) is 0.571. The Kier molecular flexibility index (Phi) is 6.60. The second-order valence-electron chi connectivity index (χ2n) is 4.29. The van der Waals surface area contributed by atoms with Gasteiger partial charge < -0.3 is 10.1 Å². The highest BCUT2D eigenvalue weighted by molar-refractivity contribution is 9.10. The molecule has 0 radical (unpaired) electrons. The van der Waals surface area contributed by atoms with Crippen LogP contribution >= 0.6 is 15.9 Å². The molecule has 0 amide bonds. The minimum absolute atomic E-state index is 0.540. The second kappa shape index (κ2) is 7.72. The molecule has 0 aliphatic rings. The number of nitrogens with one attached hydrogen (secondary N) is 1. The fourth-order valence-electron chi connectivity index (χ4n) is 1.90. The van der Waals surface area contributed by atoms with Crippen LogP contribution in [0.2, 0.25) is 0 Å². The minimum Gasteiger partial charge on any atom is -0.497 e. The Morgan fingerprint density at radius 1 is 1.41 bits per heavy atom. The van der Waals surface area contributed by atoms with Crippen molar-refractivity contribution in [3.63, 3.8) is 0 Å². The molecular formula is C14H22BrNO. The van der Waals surface area contributed by atoms with E-state index in [9.17, 15) is 0 Å². The summed E-state index contributed by atoms with van der Waals surface area (Å²) in [4.78, 5) is 0. The van der Waals surface area contributed by atoms with Crippen LogP contribution in [0.4, 0.5) is 0 Å². The first kappa shape index (κ1) is 14.5. The number of hydrogen-bond acceptors (Lipinski definition) is 2. The van der Waals surface area contributed by atoms with Gasteiger partial charge in [0.25, 0.3) is 0 Å². The normalized spacial score (nSPS) is 12.5. The summed E-state index contributed by atoms with van der Waals surface area (Å²) in [6.07, 6.45) is 4.77. The third-order valence-electron chi connectivity index (χ3n) is 3.03. The van der Waals surface area contributed by atoms with Crippen LogP contribution in [0, 0.1) is 0 Å². The van der Waals surface area contributed by atoms with Gasteiger partial charge in [-0.3, -0.25) is 0 Å².